The third-order valence-corrected chi connectivity index (χ3v) is 3.57. The topological polar surface area (TPSA) is 35.5 Å². The molecule has 0 spiro atoms. The van der Waals surface area contributed by atoms with Crippen molar-refractivity contribution in [3.05, 3.63) is 65.7 Å². The van der Waals surface area contributed by atoms with Gasteiger partial charge in [-0.05, 0) is 55.7 Å². The Hall–Kier alpha value is -2.55. The highest BCUT2D eigenvalue weighted by atomic mass is 16.5. The van der Waals surface area contributed by atoms with Crippen molar-refractivity contribution in [2.75, 3.05) is 13.7 Å². The van der Waals surface area contributed by atoms with E-state index in [4.69, 9.17) is 9.47 Å². The van der Waals surface area contributed by atoms with Gasteiger partial charge in [0, 0.05) is 0 Å². The van der Waals surface area contributed by atoms with Gasteiger partial charge in [0.05, 0.1) is 12.5 Å². The molecule has 0 bridgehead atoms. The number of hydrogen-bond donors (Lipinski definition) is 0. The van der Waals surface area contributed by atoms with Crippen LogP contribution in [-0.4, -0.2) is 19.7 Å². The molecule has 24 heavy (non-hydrogen) atoms. The summed E-state index contributed by atoms with van der Waals surface area (Å²) in [5.41, 5.74) is 2.50. The molecule has 0 saturated carbocycles. The van der Waals surface area contributed by atoms with Gasteiger partial charge >= 0.3 is 5.97 Å². The zero-order chi connectivity index (χ0) is 17.6. The molecule has 0 radical (unpaired) electrons. The molecule has 0 saturated heterocycles. The standard InChI is InChI=1S/C21H24O3/c1-21(2,3)20(22)24-15-18(14-16-8-6-5-7-9-16)17-10-12-19(23-4)13-11-17/h5-14H,15H2,1-4H3. The fraction of sp³-hybridized carbons (Fsp3) is 0.286. The number of ether oxygens (including phenoxy) is 2. The van der Waals surface area contributed by atoms with E-state index in [9.17, 15) is 4.79 Å². The van der Waals surface area contributed by atoms with E-state index in [2.05, 4.69) is 0 Å². The molecular weight excluding hydrogens is 300 g/mol. The molecule has 2 aromatic carbocycles. The predicted octanol–water partition coefficient (Wildman–Crippen LogP) is 4.83. The highest BCUT2D eigenvalue weighted by molar-refractivity contribution is 5.84. The molecule has 0 unspecified atom stereocenters. The van der Waals surface area contributed by atoms with Gasteiger partial charge < -0.3 is 9.47 Å². The molecule has 0 amide bonds. The molecule has 0 aliphatic carbocycles. The molecular formula is C21H24O3. The number of rotatable bonds is 5. The maximum absolute atomic E-state index is 12.1. The van der Waals surface area contributed by atoms with E-state index in [1.165, 1.54) is 0 Å². The molecule has 3 nitrogen and oxygen atoms in total. The van der Waals surface area contributed by atoms with Crippen LogP contribution in [0.1, 0.15) is 31.9 Å². The Balaban J connectivity index is 2.27. The summed E-state index contributed by atoms with van der Waals surface area (Å²) in [6.45, 7) is 5.78. The first-order valence-electron chi connectivity index (χ1n) is 7.97. The molecule has 0 aliphatic rings. The molecule has 2 aromatic rings. The van der Waals surface area contributed by atoms with E-state index in [1.54, 1.807) is 7.11 Å². The highest BCUT2D eigenvalue weighted by Gasteiger charge is 2.23. The molecule has 2 rings (SSSR count). The number of esters is 1. The smallest absolute Gasteiger partial charge is 0.311 e. The average Bonchev–Trinajstić information content (AvgIpc) is 2.58. The van der Waals surface area contributed by atoms with Crippen LogP contribution in [0.25, 0.3) is 11.6 Å². The van der Waals surface area contributed by atoms with E-state index in [0.29, 0.717) is 0 Å². The van der Waals surface area contributed by atoms with Crippen LogP contribution >= 0.6 is 0 Å². The lowest BCUT2D eigenvalue weighted by Crippen LogP contribution is -2.23. The Kier molecular flexibility index (Phi) is 5.80. The van der Waals surface area contributed by atoms with E-state index in [-0.39, 0.29) is 12.6 Å². The number of benzene rings is 2. The van der Waals surface area contributed by atoms with Crippen LogP contribution in [0, 0.1) is 5.41 Å². The summed E-state index contributed by atoms with van der Waals surface area (Å²) in [4.78, 5) is 12.1. The SMILES string of the molecule is COc1ccc(C(=Cc2ccccc2)COC(=O)C(C)(C)C)cc1. The molecule has 3 heteroatoms. The van der Waals surface area contributed by atoms with Gasteiger partial charge in [0.2, 0.25) is 0 Å². The lowest BCUT2D eigenvalue weighted by molar-refractivity contribution is -0.151. The summed E-state index contributed by atoms with van der Waals surface area (Å²) in [5, 5.41) is 0. The van der Waals surface area contributed by atoms with Crippen LogP contribution in [0.2, 0.25) is 0 Å². The summed E-state index contributed by atoms with van der Waals surface area (Å²) in [7, 11) is 1.64. The van der Waals surface area contributed by atoms with Crippen LogP contribution < -0.4 is 4.74 Å². The van der Waals surface area contributed by atoms with Gasteiger partial charge in [0.1, 0.15) is 12.4 Å². The minimum atomic E-state index is -0.516. The van der Waals surface area contributed by atoms with Gasteiger partial charge in [-0.2, -0.15) is 0 Å². The van der Waals surface area contributed by atoms with Crippen molar-refractivity contribution in [3.8, 4) is 5.75 Å². The maximum Gasteiger partial charge on any atom is 0.311 e. The van der Waals surface area contributed by atoms with Crippen LogP contribution in [0.15, 0.2) is 54.6 Å². The Bertz CT molecular complexity index is 692. The van der Waals surface area contributed by atoms with Crippen LogP contribution in [0.4, 0.5) is 0 Å². The largest absolute Gasteiger partial charge is 0.497 e. The van der Waals surface area contributed by atoms with Gasteiger partial charge in [-0.3, -0.25) is 4.79 Å². The van der Waals surface area contributed by atoms with E-state index in [0.717, 1.165) is 22.4 Å². The Morgan fingerprint density at radius 2 is 1.62 bits per heavy atom. The van der Waals surface area contributed by atoms with Gasteiger partial charge in [0.15, 0.2) is 0 Å². The highest BCUT2D eigenvalue weighted by Crippen LogP contribution is 2.23. The summed E-state index contributed by atoms with van der Waals surface area (Å²) in [6, 6.07) is 17.7. The molecule has 0 aliphatic heterocycles. The average molecular weight is 324 g/mol. The van der Waals surface area contributed by atoms with Gasteiger partial charge in [-0.25, -0.2) is 0 Å². The minimum absolute atomic E-state index is 0.213. The van der Waals surface area contributed by atoms with Crippen molar-refractivity contribution >= 4 is 17.6 Å². The second kappa shape index (κ2) is 7.82. The van der Waals surface area contributed by atoms with Crippen LogP contribution in [-0.2, 0) is 9.53 Å². The van der Waals surface area contributed by atoms with Crippen molar-refractivity contribution in [1.29, 1.82) is 0 Å². The summed E-state index contributed by atoms with van der Waals surface area (Å²) >= 11 is 0. The van der Waals surface area contributed by atoms with Gasteiger partial charge in [-0.1, -0.05) is 42.5 Å². The third-order valence-electron chi connectivity index (χ3n) is 3.57. The summed E-state index contributed by atoms with van der Waals surface area (Å²) in [5.74, 6) is 0.583. The number of hydrogen-bond acceptors (Lipinski definition) is 3. The fourth-order valence-corrected chi connectivity index (χ4v) is 2.12. The number of carbonyl (C=O) groups excluding carboxylic acids is 1. The predicted molar refractivity (Wildman–Crippen MR) is 97.7 cm³/mol. The van der Waals surface area contributed by atoms with E-state index >= 15 is 0 Å². The molecule has 0 atom stereocenters. The van der Waals surface area contributed by atoms with Gasteiger partial charge in [0.25, 0.3) is 0 Å². The summed E-state index contributed by atoms with van der Waals surface area (Å²) < 4.78 is 10.7. The van der Waals surface area contributed by atoms with Gasteiger partial charge in [-0.15, -0.1) is 0 Å². The normalized spacial score (nSPS) is 11.9. The Labute approximate surface area is 143 Å². The molecule has 0 fully saturated rings. The Morgan fingerprint density at radius 1 is 1.00 bits per heavy atom. The quantitative estimate of drug-likeness (QED) is 0.584. The zero-order valence-electron chi connectivity index (χ0n) is 14.7. The van der Waals surface area contributed by atoms with E-state index in [1.807, 2.05) is 81.4 Å². The fourth-order valence-electron chi connectivity index (χ4n) is 2.12. The number of carbonyl (C=O) groups is 1. The molecule has 126 valence electrons. The lowest BCUT2D eigenvalue weighted by Gasteiger charge is -2.18. The maximum atomic E-state index is 12.1. The lowest BCUT2D eigenvalue weighted by atomic mass is 9.97. The first-order valence-corrected chi connectivity index (χ1v) is 7.97. The molecule has 0 aromatic heterocycles. The second-order valence-electron chi connectivity index (χ2n) is 6.63. The van der Waals surface area contributed by atoms with E-state index < -0.39 is 5.41 Å². The first kappa shape index (κ1) is 17.8. The first-order chi connectivity index (χ1) is 11.4. The monoisotopic (exact) mass is 324 g/mol. The molecule has 0 heterocycles. The number of methoxy groups -OCH3 is 1. The molecule has 0 N–H and O–H groups in total. The minimum Gasteiger partial charge on any atom is -0.497 e. The summed E-state index contributed by atoms with van der Waals surface area (Å²) in [6.07, 6.45) is 2.04. The van der Waals surface area contributed by atoms with Crippen molar-refractivity contribution in [1.82, 2.24) is 0 Å². The van der Waals surface area contributed by atoms with Crippen molar-refractivity contribution in [2.24, 2.45) is 5.41 Å². The third kappa shape index (κ3) is 4.98. The van der Waals surface area contributed by atoms with Crippen LogP contribution in [0.5, 0.6) is 5.75 Å². The van der Waals surface area contributed by atoms with Crippen LogP contribution in [0.3, 0.4) is 0 Å². The van der Waals surface area contributed by atoms with Crippen molar-refractivity contribution in [3.63, 3.8) is 0 Å². The van der Waals surface area contributed by atoms with Crippen molar-refractivity contribution < 1.29 is 14.3 Å². The second-order valence-corrected chi connectivity index (χ2v) is 6.63. The van der Waals surface area contributed by atoms with Crippen molar-refractivity contribution in [2.45, 2.75) is 20.8 Å². The zero-order valence-corrected chi connectivity index (χ0v) is 14.7. The Morgan fingerprint density at radius 3 is 2.17 bits per heavy atom.